The van der Waals surface area contributed by atoms with Gasteiger partial charge in [0.05, 0.1) is 6.42 Å². The van der Waals surface area contributed by atoms with E-state index in [4.69, 9.17) is 11.6 Å². The molecule has 1 aliphatic rings. The normalized spacial score (nSPS) is 15.8. The van der Waals surface area contributed by atoms with Crippen molar-refractivity contribution in [3.8, 4) is 0 Å². The van der Waals surface area contributed by atoms with Crippen LogP contribution in [-0.4, -0.2) is 51.5 Å². The van der Waals surface area contributed by atoms with Crippen LogP contribution in [0.15, 0.2) is 24.3 Å². The van der Waals surface area contributed by atoms with Gasteiger partial charge in [-0.1, -0.05) is 28.2 Å². The molecule has 0 spiro atoms. The summed E-state index contributed by atoms with van der Waals surface area (Å²) in [7, 11) is 0. The van der Waals surface area contributed by atoms with Crippen molar-refractivity contribution in [2.45, 2.75) is 13.0 Å². The molecular formula is C15H16ClFN4OS. The van der Waals surface area contributed by atoms with E-state index in [1.165, 1.54) is 23.7 Å². The fourth-order valence-electron chi connectivity index (χ4n) is 2.55. The molecule has 0 atom stereocenters. The zero-order valence-electron chi connectivity index (χ0n) is 12.4. The predicted octanol–water partition coefficient (Wildman–Crippen LogP) is 2.22. The number of aromatic nitrogens is 2. The molecular weight excluding hydrogens is 339 g/mol. The standard InChI is InChI=1S/C15H16ClFN4OS/c16-15-13(18-19-23-15)10-20-5-7-21(8-6-20)14(22)9-11-1-3-12(17)4-2-11/h1-4H,5-10H2. The molecule has 1 amide bonds. The maximum absolute atomic E-state index is 12.9. The van der Waals surface area contributed by atoms with Gasteiger partial charge in [0.25, 0.3) is 0 Å². The van der Waals surface area contributed by atoms with Gasteiger partial charge in [-0.25, -0.2) is 4.39 Å². The number of rotatable bonds is 4. The summed E-state index contributed by atoms with van der Waals surface area (Å²) < 4.78 is 17.3. The Morgan fingerprint density at radius 3 is 2.52 bits per heavy atom. The minimum absolute atomic E-state index is 0.0737. The molecule has 0 radical (unpaired) electrons. The third-order valence-electron chi connectivity index (χ3n) is 3.88. The van der Waals surface area contributed by atoms with Crippen LogP contribution in [0.1, 0.15) is 11.3 Å². The molecule has 1 saturated heterocycles. The van der Waals surface area contributed by atoms with E-state index in [1.807, 2.05) is 4.90 Å². The Labute approximate surface area is 142 Å². The average molecular weight is 355 g/mol. The highest BCUT2D eigenvalue weighted by Crippen LogP contribution is 2.19. The Morgan fingerprint density at radius 2 is 1.91 bits per heavy atom. The minimum Gasteiger partial charge on any atom is -0.340 e. The molecule has 0 saturated carbocycles. The van der Waals surface area contributed by atoms with Gasteiger partial charge >= 0.3 is 0 Å². The number of carbonyl (C=O) groups is 1. The second kappa shape index (κ2) is 7.33. The van der Waals surface area contributed by atoms with E-state index < -0.39 is 0 Å². The highest BCUT2D eigenvalue weighted by molar-refractivity contribution is 7.10. The monoisotopic (exact) mass is 354 g/mol. The second-order valence-corrected chi connectivity index (χ2v) is 6.81. The minimum atomic E-state index is -0.287. The SMILES string of the molecule is O=C(Cc1ccc(F)cc1)N1CCN(Cc2nnsc2Cl)CC1. The topological polar surface area (TPSA) is 49.3 Å². The Hall–Kier alpha value is -1.57. The Balaban J connectivity index is 1.49. The van der Waals surface area contributed by atoms with Crippen LogP contribution in [0.3, 0.4) is 0 Å². The molecule has 5 nitrogen and oxygen atoms in total. The van der Waals surface area contributed by atoms with Crippen molar-refractivity contribution < 1.29 is 9.18 Å². The molecule has 1 aromatic heterocycles. The van der Waals surface area contributed by atoms with Crippen LogP contribution < -0.4 is 0 Å². The summed E-state index contributed by atoms with van der Waals surface area (Å²) in [5, 5.41) is 4.01. The van der Waals surface area contributed by atoms with E-state index in [0.717, 1.165) is 24.3 Å². The molecule has 23 heavy (non-hydrogen) atoms. The molecule has 0 bridgehead atoms. The molecule has 2 heterocycles. The summed E-state index contributed by atoms with van der Waals surface area (Å²) in [5.41, 5.74) is 1.63. The highest BCUT2D eigenvalue weighted by atomic mass is 35.5. The lowest BCUT2D eigenvalue weighted by Gasteiger charge is -2.34. The molecule has 1 aromatic carbocycles. The van der Waals surface area contributed by atoms with Crippen molar-refractivity contribution >= 4 is 29.0 Å². The number of carbonyl (C=O) groups excluding carboxylic acids is 1. The van der Waals surface area contributed by atoms with Gasteiger partial charge in [-0.15, -0.1) is 5.10 Å². The lowest BCUT2D eigenvalue weighted by atomic mass is 10.1. The van der Waals surface area contributed by atoms with Gasteiger partial charge in [0.15, 0.2) is 0 Å². The largest absolute Gasteiger partial charge is 0.340 e. The van der Waals surface area contributed by atoms with Gasteiger partial charge < -0.3 is 4.90 Å². The van der Waals surface area contributed by atoms with Crippen LogP contribution in [0.25, 0.3) is 0 Å². The fraction of sp³-hybridized carbons (Fsp3) is 0.400. The lowest BCUT2D eigenvalue weighted by Crippen LogP contribution is -2.48. The number of nitrogens with zero attached hydrogens (tertiary/aromatic N) is 4. The van der Waals surface area contributed by atoms with Crippen LogP contribution in [0.4, 0.5) is 4.39 Å². The van der Waals surface area contributed by atoms with E-state index in [0.29, 0.717) is 30.4 Å². The van der Waals surface area contributed by atoms with Gasteiger partial charge in [-0.2, -0.15) is 0 Å². The summed E-state index contributed by atoms with van der Waals surface area (Å²) in [6.07, 6.45) is 0.308. The molecule has 0 unspecified atom stereocenters. The molecule has 0 N–H and O–H groups in total. The number of hydrogen-bond donors (Lipinski definition) is 0. The molecule has 3 rings (SSSR count). The van der Waals surface area contributed by atoms with Crippen LogP contribution >= 0.6 is 23.1 Å². The fourth-order valence-corrected chi connectivity index (χ4v) is 3.16. The summed E-state index contributed by atoms with van der Waals surface area (Å²) in [4.78, 5) is 16.4. The summed E-state index contributed by atoms with van der Waals surface area (Å²) in [6.45, 7) is 3.58. The van der Waals surface area contributed by atoms with E-state index in [-0.39, 0.29) is 11.7 Å². The van der Waals surface area contributed by atoms with Crippen LogP contribution in [0, 0.1) is 5.82 Å². The molecule has 1 aliphatic heterocycles. The molecule has 0 aliphatic carbocycles. The lowest BCUT2D eigenvalue weighted by molar-refractivity contribution is -0.132. The molecule has 8 heteroatoms. The highest BCUT2D eigenvalue weighted by Gasteiger charge is 2.22. The van der Waals surface area contributed by atoms with Crippen molar-refractivity contribution in [2.75, 3.05) is 26.2 Å². The van der Waals surface area contributed by atoms with E-state index in [2.05, 4.69) is 14.5 Å². The second-order valence-electron chi connectivity index (χ2n) is 5.45. The van der Waals surface area contributed by atoms with Crippen molar-refractivity contribution in [1.29, 1.82) is 0 Å². The van der Waals surface area contributed by atoms with E-state index in [1.54, 1.807) is 12.1 Å². The Morgan fingerprint density at radius 1 is 1.22 bits per heavy atom. The van der Waals surface area contributed by atoms with Crippen molar-refractivity contribution in [1.82, 2.24) is 19.4 Å². The van der Waals surface area contributed by atoms with Crippen LogP contribution in [-0.2, 0) is 17.8 Å². The van der Waals surface area contributed by atoms with Crippen molar-refractivity contribution in [3.63, 3.8) is 0 Å². The van der Waals surface area contributed by atoms with E-state index >= 15 is 0 Å². The predicted molar refractivity (Wildman–Crippen MR) is 86.9 cm³/mol. The number of halogens is 2. The number of benzene rings is 1. The van der Waals surface area contributed by atoms with Crippen molar-refractivity contribution in [3.05, 3.63) is 45.7 Å². The maximum Gasteiger partial charge on any atom is 0.227 e. The molecule has 1 fully saturated rings. The number of amides is 1. The smallest absolute Gasteiger partial charge is 0.227 e. The summed E-state index contributed by atoms with van der Waals surface area (Å²) in [6, 6.07) is 6.07. The van der Waals surface area contributed by atoms with E-state index in [9.17, 15) is 9.18 Å². The van der Waals surface area contributed by atoms with Crippen molar-refractivity contribution in [2.24, 2.45) is 0 Å². The van der Waals surface area contributed by atoms with Gasteiger partial charge in [0.2, 0.25) is 5.91 Å². The van der Waals surface area contributed by atoms with Gasteiger partial charge in [0.1, 0.15) is 15.8 Å². The Kier molecular flexibility index (Phi) is 5.20. The average Bonchev–Trinajstić information content (AvgIpc) is 2.95. The Bertz CT molecular complexity index is 670. The number of piperazine rings is 1. The van der Waals surface area contributed by atoms with Crippen LogP contribution in [0.2, 0.25) is 4.34 Å². The first-order valence-electron chi connectivity index (χ1n) is 7.33. The summed E-state index contributed by atoms with van der Waals surface area (Å²) >= 11 is 7.20. The first kappa shape index (κ1) is 16.3. The molecule has 2 aromatic rings. The first-order valence-corrected chi connectivity index (χ1v) is 8.48. The van der Waals surface area contributed by atoms with Crippen LogP contribution in [0.5, 0.6) is 0 Å². The quantitative estimate of drug-likeness (QED) is 0.844. The zero-order valence-corrected chi connectivity index (χ0v) is 14.0. The number of hydrogen-bond acceptors (Lipinski definition) is 5. The third-order valence-corrected chi connectivity index (χ3v) is 4.86. The molecule has 122 valence electrons. The van der Waals surface area contributed by atoms with Gasteiger partial charge in [0, 0.05) is 44.3 Å². The van der Waals surface area contributed by atoms with Gasteiger partial charge in [-0.05, 0) is 17.7 Å². The third kappa shape index (κ3) is 4.25. The zero-order chi connectivity index (χ0) is 16.2. The maximum atomic E-state index is 12.9. The first-order chi connectivity index (χ1) is 11.1. The van der Waals surface area contributed by atoms with Gasteiger partial charge in [-0.3, -0.25) is 9.69 Å². The summed E-state index contributed by atoms with van der Waals surface area (Å²) in [5.74, 6) is -0.213.